The molecule has 34 heavy (non-hydrogen) atoms. The van der Waals surface area contributed by atoms with E-state index in [9.17, 15) is 0 Å². The van der Waals surface area contributed by atoms with Crippen molar-refractivity contribution in [2.75, 3.05) is 31.3 Å². The van der Waals surface area contributed by atoms with Gasteiger partial charge in [-0.15, -0.1) is 0 Å². The molecule has 0 aliphatic carbocycles. The number of aryl methyl sites for hydroxylation is 1. The Bertz CT molecular complexity index is 1190. The van der Waals surface area contributed by atoms with E-state index in [4.69, 9.17) is 50.3 Å². The fraction of sp³-hybridized carbons (Fsp3) is 0.250. The standard InChI is InChI=1S/C23H23Cl2N5S.CH2O2/c1-30(2)9-3-4-14-5-8-18(25)20(10-14)28-23-26-13-15-11-21(31)27-19-12-16(24)6-7-17(19)22(15)29-23;2-1-3/h5-8,10,12-13H,3-4,9,11H2,1-2H3,(H,27,31)(H,26,28,29);1H,(H,2,3). The van der Waals surface area contributed by atoms with Gasteiger partial charge in [0.05, 0.1) is 21.4 Å². The molecule has 0 unspecified atom stereocenters. The van der Waals surface area contributed by atoms with Crippen LogP contribution in [0, 0.1) is 0 Å². The zero-order valence-corrected chi connectivity index (χ0v) is 21.1. The van der Waals surface area contributed by atoms with Crippen LogP contribution < -0.4 is 10.6 Å². The molecule has 3 N–H and O–H groups in total. The topological polar surface area (TPSA) is 90.4 Å². The van der Waals surface area contributed by atoms with Gasteiger partial charge in [-0.05, 0) is 69.4 Å². The first kappa shape index (κ1) is 25.8. The van der Waals surface area contributed by atoms with Crippen molar-refractivity contribution in [2.24, 2.45) is 0 Å². The van der Waals surface area contributed by atoms with Crippen LogP contribution in [0.4, 0.5) is 17.3 Å². The Morgan fingerprint density at radius 1 is 1.24 bits per heavy atom. The Kier molecular flexibility index (Phi) is 9.18. The van der Waals surface area contributed by atoms with Crippen molar-refractivity contribution in [2.45, 2.75) is 19.3 Å². The van der Waals surface area contributed by atoms with E-state index in [1.165, 1.54) is 5.56 Å². The SMILES string of the molecule is CN(C)CCCc1ccc(Cl)c(Nc2ncc3c(n2)-c2ccc(Cl)cc2NC(=S)C3)c1.O=CO. The fourth-order valence-corrected chi connectivity index (χ4v) is 4.17. The second kappa shape index (κ2) is 12.1. The highest BCUT2D eigenvalue weighted by Crippen LogP contribution is 2.35. The number of thiocarbonyl (C=S) groups is 1. The van der Waals surface area contributed by atoms with E-state index in [1.54, 1.807) is 0 Å². The summed E-state index contributed by atoms with van der Waals surface area (Å²) >= 11 is 18.1. The largest absolute Gasteiger partial charge is 0.483 e. The molecule has 0 radical (unpaired) electrons. The van der Waals surface area contributed by atoms with Crippen molar-refractivity contribution >= 4 is 64.2 Å². The lowest BCUT2D eigenvalue weighted by Crippen LogP contribution is -2.13. The van der Waals surface area contributed by atoms with Gasteiger partial charge in [-0.2, -0.15) is 0 Å². The van der Waals surface area contributed by atoms with Crippen LogP contribution >= 0.6 is 35.4 Å². The van der Waals surface area contributed by atoms with E-state index in [0.29, 0.717) is 27.4 Å². The quantitative estimate of drug-likeness (QED) is 0.284. The molecule has 0 saturated carbocycles. The predicted molar refractivity (Wildman–Crippen MR) is 143 cm³/mol. The van der Waals surface area contributed by atoms with Gasteiger partial charge in [0, 0.05) is 34.5 Å². The molecule has 1 aliphatic rings. The highest BCUT2D eigenvalue weighted by Gasteiger charge is 2.20. The number of halogens is 2. The van der Waals surface area contributed by atoms with E-state index in [1.807, 2.05) is 30.5 Å². The molecule has 4 rings (SSSR count). The van der Waals surface area contributed by atoms with E-state index in [-0.39, 0.29) is 6.47 Å². The second-order valence-corrected chi connectivity index (χ2v) is 9.27. The summed E-state index contributed by atoms with van der Waals surface area (Å²) in [6.45, 7) is 0.790. The molecule has 3 aromatic rings. The van der Waals surface area contributed by atoms with Gasteiger partial charge in [0.15, 0.2) is 0 Å². The number of fused-ring (bicyclic) bond motifs is 3. The summed E-state index contributed by atoms with van der Waals surface area (Å²) in [6, 6.07) is 11.7. The smallest absolute Gasteiger partial charge is 0.290 e. The molecule has 0 spiro atoms. The molecule has 0 fully saturated rings. The van der Waals surface area contributed by atoms with Crippen LogP contribution in [-0.2, 0) is 17.6 Å². The van der Waals surface area contributed by atoms with Gasteiger partial charge >= 0.3 is 0 Å². The third-order valence-electron chi connectivity index (χ3n) is 5.07. The van der Waals surface area contributed by atoms with Crippen LogP contribution in [0.25, 0.3) is 11.3 Å². The van der Waals surface area contributed by atoms with Crippen molar-refractivity contribution in [3.05, 3.63) is 63.8 Å². The molecule has 178 valence electrons. The van der Waals surface area contributed by atoms with Gasteiger partial charge < -0.3 is 20.6 Å². The lowest BCUT2D eigenvalue weighted by Gasteiger charge is -2.13. The summed E-state index contributed by atoms with van der Waals surface area (Å²) in [5.74, 6) is 0.486. The summed E-state index contributed by atoms with van der Waals surface area (Å²) in [6.07, 6.45) is 4.44. The number of carbonyl (C=O) groups is 1. The number of hydrogen-bond acceptors (Lipinski definition) is 6. The maximum Gasteiger partial charge on any atom is 0.290 e. The van der Waals surface area contributed by atoms with E-state index in [0.717, 1.165) is 47.6 Å². The highest BCUT2D eigenvalue weighted by molar-refractivity contribution is 7.80. The third kappa shape index (κ3) is 6.87. The number of hydrogen-bond donors (Lipinski definition) is 3. The second-order valence-electron chi connectivity index (χ2n) is 7.93. The molecule has 0 amide bonds. The van der Waals surface area contributed by atoms with Gasteiger partial charge in [-0.3, -0.25) is 4.79 Å². The van der Waals surface area contributed by atoms with Gasteiger partial charge in [0.1, 0.15) is 0 Å². The van der Waals surface area contributed by atoms with E-state index >= 15 is 0 Å². The molecule has 1 aromatic heterocycles. The third-order valence-corrected chi connectivity index (χ3v) is 5.89. The normalized spacial score (nSPS) is 12.0. The Morgan fingerprint density at radius 2 is 2.00 bits per heavy atom. The van der Waals surface area contributed by atoms with Crippen molar-refractivity contribution in [1.29, 1.82) is 0 Å². The molecular formula is C24H25Cl2N5O2S. The summed E-state index contributed by atoms with van der Waals surface area (Å²) in [4.78, 5) is 20.6. The highest BCUT2D eigenvalue weighted by atomic mass is 35.5. The van der Waals surface area contributed by atoms with Crippen LogP contribution in [-0.4, -0.2) is 52.1 Å². The van der Waals surface area contributed by atoms with Gasteiger partial charge in [0.25, 0.3) is 6.47 Å². The van der Waals surface area contributed by atoms with Crippen LogP contribution in [0.2, 0.25) is 10.0 Å². The minimum absolute atomic E-state index is 0.250. The molecule has 0 saturated heterocycles. The zero-order valence-electron chi connectivity index (χ0n) is 18.8. The molecule has 1 aliphatic heterocycles. The predicted octanol–water partition coefficient (Wildman–Crippen LogP) is 5.68. The summed E-state index contributed by atoms with van der Waals surface area (Å²) in [5, 5.41) is 14.7. The lowest BCUT2D eigenvalue weighted by atomic mass is 10.1. The van der Waals surface area contributed by atoms with Gasteiger partial charge in [0.2, 0.25) is 5.95 Å². The number of anilines is 3. The molecule has 0 atom stereocenters. The average Bonchev–Trinajstić information content (AvgIpc) is 2.91. The molecule has 0 bridgehead atoms. The number of carboxylic acid groups (broad SMARTS) is 1. The van der Waals surface area contributed by atoms with Crippen molar-refractivity contribution in [3.8, 4) is 11.3 Å². The lowest BCUT2D eigenvalue weighted by molar-refractivity contribution is -0.122. The first-order chi connectivity index (χ1) is 16.3. The molecule has 2 heterocycles. The minimum atomic E-state index is -0.250. The maximum atomic E-state index is 8.36. The van der Waals surface area contributed by atoms with E-state index in [2.05, 4.69) is 46.7 Å². The van der Waals surface area contributed by atoms with Gasteiger partial charge in [-0.25, -0.2) is 9.97 Å². The van der Waals surface area contributed by atoms with Crippen LogP contribution in [0.5, 0.6) is 0 Å². The van der Waals surface area contributed by atoms with Crippen molar-refractivity contribution in [3.63, 3.8) is 0 Å². The van der Waals surface area contributed by atoms with Crippen LogP contribution in [0.3, 0.4) is 0 Å². The Morgan fingerprint density at radius 3 is 2.74 bits per heavy atom. The average molecular weight is 518 g/mol. The monoisotopic (exact) mass is 517 g/mol. The van der Waals surface area contributed by atoms with Crippen LogP contribution in [0.15, 0.2) is 42.6 Å². The summed E-state index contributed by atoms with van der Waals surface area (Å²) in [5.41, 5.74) is 5.60. The number of benzene rings is 2. The van der Waals surface area contributed by atoms with Gasteiger partial charge in [-0.1, -0.05) is 41.5 Å². The first-order valence-electron chi connectivity index (χ1n) is 10.5. The Labute approximate surface area is 214 Å². The first-order valence-corrected chi connectivity index (χ1v) is 11.7. The van der Waals surface area contributed by atoms with Crippen molar-refractivity contribution < 1.29 is 9.90 Å². The number of nitrogens with one attached hydrogen (secondary N) is 2. The Balaban J connectivity index is 0.00000103. The number of rotatable bonds is 6. The summed E-state index contributed by atoms with van der Waals surface area (Å²) in [7, 11) is 4.16. The minimum Gasteiger partial charge on any atom is -0.483 e. The zero-order chi connectivity index (χ0) is 24.7. The molecule has 10 heteroatoms. The molecule has 2 aromatic carbocycles. The maximum absolute atomic E-state index is 8.36. The summed E-state index contributed by atoms with van der Waals surface area (Å²) < 4.78 is 0. The molecule has 7 nitrogen and oxygen atoms in total. The molecular weight excluding hydrogens is 493 g/mol. The van der Waals surface area contributed by atoms with Crippen LogP contribution in [0.1, 0.15) is 17.5 Å². The fourth-order valence-electron chi connectivity index (χ4n) is 3.57. The van der Waals surface area contributed by atoms with E-state index < -0.39 is 0 Å². The number of nitrogens with zero attached hydrogens (tertiary/aromatic N) is 3. The van der Waals surface area contributed by atoms with Crippen molar-refractivity contribution in [1.82, 2.24) is 14.9 Å². The Hall–Kier alpha value is -2.78. The number of aromatic nitrogens is 2.